The summed E-state index contributed by atoms with van der Waals surface area (Å²) >= 11 is 0. The summed E-state index contributed by atoms with van der Waals surface area (Å²) in [6.07, 6.45) is 5.67. The van der Waals surface area contributed by atoms with Crippen molar-refractivity contribution in [3.8, 4) is 23.0 Å². The molecule has 0 spiro atoms. The summed E-state index contributed by atoms with van der Waals surface area (Å²) in [5.74, 6) is 5.81. The molecule has 2 aromatic rings. The average Bonchev–Trinajstić information content (AvgIpc) is 2.70. The molecule has 2 aromatic carbocycles. The number of hydrogen-bond donors (Lipinski definition) is 1. The first-order valence-corrected chi connectivity index (χ1v) is 9.71. The lowest BCUT2D eigenvalue weighted by Crippen LogP contribution is -2.27. The highest BCUT2D eigenvalue weighted by Gasteiger charge is 2.08. The second-order valence-electron chi connectivity index (χ2n) is 6.63. The van der Waals surface area contributed by atoms with Gasteiger partial charge in [-0.15, -0.1) is 0 Å². The van der Waals surface area contributed by atoms with E-state index in [9.17, 15) is 4.39 Å². The zero-order valence-corrected chi connectivity index (χ0v) is 16.3. The molecule has 2 rings (SSSR count). The van der Waals surface area contributed by atoms with E-state index >= 15 is 0 Å². The topological polar surface area (TPSA) is 12.0 Å². The number of halogens is 1. The van der Waals surface area contributed by atoms with Crippen LogP contribution in [0.2, 0.25) is 0 Å². The van der Waals surface area contributed by atoms with Crippen molar-refractivity contribution in [1.82, 2.24) is 5.32 Å². The lowest BCUT2D eigenvalue weighted by atomic mass is 10.0. The first kappa shape index (κ1) is 20.6. The predicted octanol–water partition coefficient (Wildman–Crippen LogP) is 6.46. The smallest absolute Gasteiger partial charge is 0.132 e. The van der Waals surface area contributed by atoms with Crippen molar-refractivity contribution in [2.45, 2.75) is 52.0 Å². The molecule has 1 nitrogen and oxygen atoms in total. The summed E-state index contributed by atoms with van der Waals surface area (Å²) in [4.78, 5) is 0. The van der Waals surface area contributed by atoms with Crippen LogP contribution in [0.15, 0.2) is 66.5 Å². The fourth-order valence-corrected chi connectivity index (χ4v) is 3.00. The second-order valence-corrected chi connectivity index (χ2v) is 6.63. The summed E-state index contributed by atoms with van der Waals surface area (Å²) < 4.78 is 14.5. The first-order valence-electron chi connectivity index (χ1n) is 9.71. The summed E-state index contributed by atoms with van der Waals surface area (Å²) in [6, 6.07) is 15.0. The minimum absolute atomic E-state index is 0.267. The molecule has 2 heteroatoms. The van der Waals surface area contributed by atoms with Crippen LogP contribution in [-0.2, 0) is 0 Å². The fraction of sp³-hybridized carbons (Fsp3) is 0.320. The van der Waals surface area contributed by atoms with Gasteiger partial charge in [0.1, 0.15) is 11.5 Å². The molecule has 0 radical (unpaired) electrons. The van der Waals surface area contributed by atoms with Gasteiger partial charge < -0.3 is 5.32 Å². The van der Waals surface area contributed by atoms with Gasteiger partial charge in [0.2, 0.25) is 0 Å². The molecule has 0 bridgehead atoms. The van der Waals surface area contributed by atoms with Gasteiger partial charge >= 0.3 is 0 Å². The normalized spacial score (nSPS) is 11.1. The van der Waals surface area contributed by atoms with Crippen LogP contribution >= 0.6 is 0 Å². The van der Waals surface area contributed by atoms with Crippen molar-refractivity contribution in [2.24, 2.45) is 0 Å². The third-order valence-corrected chi connectivity index (χ3v) is 4.45. The van der Waals surface area contributed by atoms with Gasteiger partial charge in [-0.2, -0.15) is 0 Å². The van der Waals surface area contributed by atoms with Gasteiger partial charge in [0.25, 0.3) is 0 Å². The van der Waals surface area contributed by atoms with Crippen molar-refractivity contribution in [1.29, 1.82) is 0 Å². The van der Waals surface area contributed by atoms with Crippen LogP contribution < -0.4 is 5.32 Å². The molecular weight excluding hydrogens is 333 g/mol. The van der Waals surface area contributed by atoms with E-state index in [1.54, 1.807) is 6.07 Å². The van der Waals surface area contributed by atoms with Crippen molar-refractivity contribution in [3.63, 3.8) is 0 Å². The van der Waals surface area contributed by atoms with E-state index in [2.05, 4.69) is 43.3 Å². The van der Waals surface area contributed by atoms with E-state index in [0.29, 0.717) is 22.9 Å². The molecule has 0 fully saturated rings. The molecule has 0 aliphatic heterocycles. The molecule has 0 heterocycles. The van der Waals surface area contributed by atoms with E-state index < -0.39 is 0 Å². The largest absolute Gasteiger partial charge is 0.369 e. The SMILES string of the molecule is C=C=C(C#Cc1ccc(-c2ccccc2)c(F)c1)N[C@@H](CCC)CCCC. The Labute approximate surface area is 163 Å². The van der Waals surface area contributed by atoms with E-state index in [1.165, 1.54) is 18.9 Å². The van der Waals surface area contributed by atoms with E-state index in [-0.39, 0.29) is 5.82 Å². The van der Waals surface area contributed by atoms with Gasteiger partial charge in [-0.05, 0) is 36.5 Å². The third-order valence-electron chi connectivity index (χ3n) is 4.45. The molecule has 0 saturated carbocycles. The Morgan fingerprint density at radius 2 is 1.85 bits per heavy atom. The van der Waals surface area contributed by atoms with E-state index in [1.807, 2.05) is 36.4 Å². The minimum Gasteiger partial charge on any atom is -0.369 e. The molecule has 0 unspecified atom stereocenters. The number of nitrogens with one attached hydrogen (secondary N) is 1. The molecule has 1 N–H and O–H groups in total. The number of benzene rings is 2. The van der Waals surface area contributed by atoms with Crippen LogP contribution in [-0.4, -0.2) is 6.04 Å². The fourth-order valence-electron chi connectivity index (χ4n) is 3.00. The van der Waals surface area contributed by atoms with Crippen LogP contribution in [0.1, 0.15) is 51.5 Å². The Bertz CT molecular complexity index is 836. The molecular formula is C25H28FN. The molecule has 140 valence electrons. The quantitative estimate of drug-likeness (QED) is 0.420. The van der Waals surface area contributed by atoms with Crippen molar-refractivity contribution in [3.05, 3.63) is 77.9 Å². The van der Waals surface area contributed by atoms with Gasteiger partial charge in [-0.3, -0.25) is 0 Å². The predicted molar refractivity (Wildman–Crippen MR) is 113 cm³/mol. The van der Waals surface area contributed by atoms with Crippen molar-refractivity contribution in [2.75, 3.05) is 0 Å². The monoisotopic (exact) mass is 361 g/mol. The van der Waals surface area contributed by atoms with Gasteiger partial charge in [0.05, 0.1) is 0 Å². The van der Waals surface area contributed by atoms with Crippen LogP contribution in [0, 0.1) is 17.7 Å². The Morgan fingerprint density at radius 1 is 1.07 bits per heavy atom. The molecule has 0 aliphatic carbocycles. The van der Waals surface area contributed by atoms with Gasteiger partial charge in [-0.1, -0.05) is 87.7 Å². The maximum absolute atomic E-state index is 14.5. The lowest BCUT2D eigenvalue weighted by molar-refractivity contribution is 0.475. The van der Waals surface area contributed by atoms with Crippen LogP contribution in [0.3, 0.4) is 0 Å². The number of hydrogen-bond acceptors (Lipinski definition) is 1. The summed E-state index contributed by atoms with van der Waals surface area (Å²) in [6.45, 7) is 8.11. The molecule has 0 amide bonds. The molecule has 0 aliphatic rings. The van der Waals surface area contributed by atoms with E-state index in [4.69, 9.17) is 0 Å². The summed E-state index contributed by atoms with van der Waals surface area (Å²) in [5, 5.41) is 3.44. The summed E-state index contributed by atoms with van der Waals surface area (Å²) in [7, 11) is 0. The second kappa shape index (κ2) is 11.1. The number of allylic oxidation sites excluding steroid dienone is 1. The highest BCUT2D eigenvalue weighted by Crippen LogP contribution is 2.23. The molecule has 27 heavy (non-hydrogen) atoms. The van der Waals surface area contributed by atoms with Gasteiger partial charge in [0, 0.05) is 17.2 Å². The molecule has 1 atom stereocenters. The van der Waals surface area contributed by atoms with Crippen molar-refractivity contribution >= 4 is 0 Å². The van der Waals surface area contributed by atoms with Crippen LogP contribution in [0.25, 0.3) is 11.1 Å². The van der Waals surface area contributed by atoms with Crippen molar-refractivity contribution < 1.29 is 4.39 Å². The Hall–Kier alpha value is -2.75. The third kappa shape index (κ3) is 6.48. The molecule has 0 aromatic heterocycles. The minimum atomic E-state index is -0.267. The standard InChI is InChI=1S/C25H28FN/c1-4-7-14-23(11-5-2)27-22(6-3)17-15-20-16-18-24(25(26)19-20)21-12-9-8-10-13-21/h8-10,12-13,16,18-19,23,27H,3-5,7,11,14H2,1-2H3/t23-/m0/s1. The zero-order valence-electron chi connectivity index (χ0n) is 16.3. The summed E-state index contributed by atoms with van der Waals surface area (Å²) in [5.41, 5.74) is 5.64. The number of rotatable bonds is 8. The average molecular weight is 362 g/mol. The highest BCUT2D eigenvalue weighted by molar-refractivity contribution is 5.65. The lowest BCUT2D eigenvalue weighted by Gasteiger charge is -2.17. The van der Waals surface area contributed by atoms with Crippen LogP contribution in [0.4, 0.5) is 4.39 Å². The molecule has 0 saturated heterocycles. The van der Waals surface area contributed by atoms with Gasteiger partial charge in [0.15, 0.2) is 0 Å². The maximum atomic E-state index is 14.5. The van der Waals surface area contributed by atoms with Crippen LogP contribution in [0.5, 0.6) is 0 Å². The maximum Gasteiger partial charge on any atom is 0.132 e. The number of unbranched alkanes of at least 4 members (excludes halogenated alkanes) is 1. The first-order chi connectivity index (χ1) is 13.2. The van der Waals surface area contributed by atoms with E-state index in [0.717, 1.165) is 24.8 Å². The Kier molecular flexibility index (Phi) is 8.43. The zero-order chi connectivity index (χ0) is 19.5. The Balaban J connectivity index is 2.13. The highest BCUT2D eigenvalue weighted by atomic mass is 19.1. The Morgan fingerprint density at radius 3 is 2.48 bits per heavy atom. The van der Waals surface area contributed by atoms with Gasteiger partial charge in [-0.25, -0.2) is 4.39 Å².